The van der Waals surface area contributed by atoms with Crippen molar-refractivity contribution < 1.29 is 9.18 Å². The molecular formula is C25H20FN5O. The zero-order valence-electron chi connectivity index (χ0n) is 17.6. The molecule has 7 heteroatoms. The lowest BCUT2D eigenvalue weighted by molar-refractivity contribution is 0.102. The number of benzene rings is 3. The molecule has 0 saturated heterocycles. The summed E-state index contributed by atoms with van der Waals surface area (Å²) in [7, 11) is 0. The Kier molecular flexibility index (Phi) is 4.78. The molecule has 0 atom stereocenters. The molecule has 0 aliphatic rings. The first-order chi connectivity index (χ1) is 15.5. The number of hydrogen-bond acceptors (Lipinski definition) is 3. The second-order valence-corrected chi connectivity index (χ2v) is 7.69. The molecule has 3 aromatic carbocycles. The number of amides is 1. The zero-order valence-corrected chi connectivity index (χ0v) is 17.6. The lowest BCUT2D eigenvalue weighted by Gasteiger charge is -2.08. The number of imidazole rings is 1. The van der Waals surface area contributed by atoms with Crippen LogP contribution < -0.4 is 5.32 Å². The Morgan fingerprint density at radius 1 is 1.03 bits per heavy atom. The van der Waals surface area contributed by atoms with Crippen LogP contribution in [0.4, 0.5) is 10.2 Å². The molecule has 1 amide bonds. The van der Waals surface area contributed by atoms with Gasteiger partial charge in [-0.2, -0.15) is 5.10 Å². The average molecular weight is 425 g/mol. The van der Waals surface area contributed by atoms with E-state index < -0.39 is 0 Å². The molecule has 0 bridgehead atoms. The van der Waals surface area contributed by atoms with Gasteiger partial charge in [-0.25, -0.2) is 9.37 Å². The van der Waals surface area contributed by atoms with Crippen LogP contribution in [0.25, 0.3) is 27.8 Å². The minimum atomic E-state index is -0.320. The van der Waals surface area contributed by atoms with Gasteiger partial charge < -0.3 is 5.32 Å². The van der Waals surface area contributed by atoms with Crippen LogP contribution >= 0.6 is 0 Å². The van der Waals surface area contributed by atoms with E-state index >= 15 is 0 Å². The normalized spacial score (nSPS) is 11.1. The van der Waals surface area contributed by atoms with Gasteiger partial charge in [-0.05, 0) is 67.4 Å². The number of carbonyl (C=O) groups is 1. The van der Waals surface area contributed by atoms with Gasteiger partial charge in [0.05, 0.1) is 11.0 Å². The van der Waals surface area contributed by atoms with E-state index in [1.165, 1.54) is 12.1 Å². The molecule has 0 unspecified atom stereocenters. The highest BCUT2D eigenvalue weighted by Crippen LogP contribution is 2.30. The predicted octanol–water partition coefficient (Wildman–Crippen LogP) is 5.42. The molecule has 2 N–H and O–H groups in total. The summed E-state index contributed by atoms with van der Waals surface area (Å²) >= 11 is 0. The first-order valence-electron chi connectivity index (χ1n) is 10.2. The second-order valence-electron chi connectivity index (χ2n) is 7.69. The second kappa shape index (κ2) is 7.77. The van der Waals surface area contributed by atoms with Gasteiger partial charge in [0.2, 0.25) is 0 Å². The number of anilines is 1. The van der Waals surface area contributed by atoms with Crippen molar-refractivity contribution >= 4 is 22.8 Å². The molecule has 5 aromatic rings. The number of nitrogens with one attached hydrogen (secondary N) is 2. The van der Waals surface area contributed by atoms with E-state index in [-0.39, 0.29) is 11.7 Å². The average Bonchev–Trinajstić information content (AvgIpc) is 3.37. The molecule has 0 fully saturated rings. The van der Waals surface area contributed by atoms with Gasteiger partial charge >= 0.3 is 0 Å². The maximum Gasteiger partial charge on any atom is 0.256 e. The Balaban J connectivity index is 1.45. The number of hydrogen-bond donors (Lipinski definition) is 2. The van der Waals surface area contributed by atoms with Gasteiger partial charge in [0, 0.05) is 22.5 Å². The Hall–Kier alpha value is -4.26. The van der Waals surface area contributed by atoms with Crippen LogP contribution in [0.1, 0.15) is 21.6 Å². The molecule has 158 valence electrons. The van der Waals surface area contributed by atoms with Crippen LogP contribution in [-0.4, -0.2) is 25.7 Å². The molecule has 0 spiro atoms. The summed E-state index contributed by atoms with van der Waals surface area (Å²) in [5.41, 5.74) is 6.54. The van der Waals surface area contributed by atoms with Crippen molar-refractivity contribution in [2.45, 2.75) is 13.8 Å². The fourth-order valence-corrected chi connectivity index (χ4v) is 3.81. The topological polar surface area (TPSA) is 75.6 Å². The van der Waals surface area contributed by atoms with Gasteiger partial charge in [0.25, 0.3) is 5.91 Å². The van der Waals surface area contributed by atoms with Gasteiger partial charge in [0.1, 0.15) is 12.1 Å². The highest BCUT2D eigenvalue weighted by atomic mass is 19.1. The number of halogens is 1. The number of aromatic amines is 1. The molecule has 32 heavy (non-hydrogen) atoms. The Morgan fingerprint density at radius 3 is 2.62 bits per heavy atom. The van der Waals surface area contributed by atoms with Crippen molar-refractivity contribution in [1.82, 2.24) is 19.7 Å². The number of aryl methyl sites for hydroxylation is 2. The molecule has 2 heterocycles. The van der Waals surface area contributed by atoms with Crippen molar-refractivity contribution in [3.05, 3.63) is 95.7 Å². The van der Waals surface area contributed by atoms with Crippen LogP contribution in [0.15, 0.2) is 73.1 Å². The molecule has 0 saturated carbocycles. The third kappa shape index (κ3) is 3.54. The van der Waals surface area contributed by atoms with E-state index in [0.29, 0.717) is 11.4 Å². The van der Waals surface area contributed by atoms with Crippen LogP contribution in [0, 0.1) is 19.7 Å². The van der Waals surface area contributed by atoms with E-state index in [1.54, 1.807) is 30.6 Å². The van der Waals surface area contributed by atoms with Crippen molar-refractivity contribution in [2.24, 2.45) is 0 Å². The van der Waals surface area contributed by atoms with Gasteiger partial charge in [-0.15, -0.1) is 0 Å². The summed E-state index contributed by atoms with van der Waals surface area (Å²) in [5.74, 6) is -0.227. The third-order valence-electron chi connectivity index (χ3n) is 5.40. The summed E-state index contributed by atoms with van der Waals surface area (Å²) in [6.45, 7) is 3.90. The van der Waals surface area contributed by atoms with Crippen LogP contribution in [0.3, 0.4) is 0 Å². The smallest absolute Gasteiger partial charge is 0.256 e. The third-order valence-corrected chi connectivity index (χ3v) is 5.40. The van der Waals surface area contributed by atoms with Crippen molar-refractivity contribution in [2.75, 3.05) is 5.32 Å². The largest absolute Gasteiger partial charge is 0.305 e. The molecule has 2 aromatic heterocycles. The maximum absolute atomic E-state index is 13.3. The molecular weight excluding hydrogens is 405 g/mol. The van der Waals surface area contributed by atoms with E-state index in [9.17, 15) is 9.18 Å². The number of H-pyrrole nitrogens is 1. The molecule has 0 radical (unpaired) electrons. The Morgan fingerprint density at radius 2 is 1.84 bits per heavy atom. The molecule has 0 aliphatic heterocycles. The van der Waals surface area contributed by atoms with Crippen molar-refractivity contribution in [3.63, 3.8) is 0 Å². The maximum atomic E-state index is 13.3. The minimum Gasteiger partial charge on any atom is -0.305 e. The fourth-order valence-electron chi connectivity index (χ4n) is 3.81. The number of fused-ring (bicyclic) bond motifs is 1. The first kappa shape index (κ1) is 19.7. The van der Waals surface area contributed by atoms with Crippen LogP contribution in [-0.2, 0) is 0 Å². The summed E-state index contributed by atoms with van der Waals surface area (Å²) in [4.78, 5) is 17.4. The summed E-state index contributed by atoms with van der Waals surface area (Å²) in [6, 6.07) is 19.6. The molecule has 5 rings (SSSR count). The lowest BCUT2D eigenvalue weighted by atomic mass is 10.1. The van der Waals surface area contributed by atoms with E-state index in [0.717, 1.165) is 39.1 Å². The van der Waals surface area contributed by atoms with Gasteiger partial charge in [0.15, 0.2) is 5.82 Å². The van der Waals surface area contributed by atoms with Gasteiger partial charge in [-0.1, -0.05) is 24.3 Å². The zero-order chi connectivity index (χ0) is 22.2. The quantitative estimate of drug-likeness (QED) is 0.403. The molecule has 0 aliphatic carbocycles. The SMILES string of the molecule is Cc1cccc(-n2cnc3cc(C(=O)Nc4n[nH]c(C)c4-c4ccc(F)cc4)ccc32)c1. The number of nitrogens with zero attached hydrogens (tertiary/aromatic N) is 3. The van der Waals surface area contributed by atoms with Crippen LogP contribution in [0.2, 0.25) is 0 Å². The number of carbonyl (C=O) groups excluding carboxylic acids is 1. The fraction of sp³-hybridized carbons (Fsp3) is 0.0800. The highest BCUT2D eigenvalue weighted by Gasteiger charge is 2.17. The van der Waals surface area contributed by atoms with Crippen LogP contribution in [0.5, 0.6) is 0 Å². The molecule has 6 nitrogen and oxygen atoms in total. The standard InChI is InChI=1S/C25H20FN5O/c1-15-4-3-5-20(12-15)31-14-27-21-13-18(8-11-22(21)31)25(32)28-24-23(16(2)29-30-24)17-6-9-19(26)10-7-17/h3-14H,1-2H3,(H2,28,29,30,32). The Labute approximate surface area is 183 Å². The summed E-state index contributed by atoms with van der Waals surface area (Å²) in [6.07, 6.45) is 1.75. The number of rotatable bonds is 4. The monoisotopic (exact) mass is 425 g/mol. The van der Waals surface area contributed by atoms with Crippen molar-refractivity contribution in [1.29, 1.82) is 0 Å². The lowest BCUT2D eigenvalue weighted by Crippen LogP contribution is -2.13. The summed E-state index contributed by atoms with van der Waals surface area (Å²) in [5, 5.41) is 9.97. The van der Waals surface area contributed by atoms with Gasteiger partial charge in [-0.3, -0.25) is 14.5 Å². The van der Waals surface area contributed by atoms with E-state index in [1.807, 2.05) is 42.7 Å². The first-order valence-corrected chi connectivity index (χ1v) is 10.2. The highest BCUT2D eigenvalue weighted by molar-refractivity contribution is 6.07. The predicted molar refractivity (Wildman–Crippen MR) is 122 cm³/mol. The summed E-state index contributed by atoms with van der Waals surface area (Å²) < 4.78 is 15.3. The van der Waals surface area contributed by atoms with Crippen molar-refractivity contribution in [3.8, 4) is 16.8 Å². The minimum absolute atomic E-state index is 0.299. The van der Waals surface area contributed by atoms with E-state index in [2.05, 4.69) is 26.6 Å². The Bertz CT molecular complexity index is 1450. The number of aromatic nitrogens is 4. The van der Waals surface area contributed by atoms with E-state index in [4.69, 9.17) is 0 Å².